The zero-order valence-electron chi connectivity index (χ0n) is 18.0. The molecule has 5 nitrogen and oxygen atoms in total. The standard InChI is InChI=1S/C23H28F2N3O2P/c1-31(2,30)18-8-4-7-17(15-18)26-22(29)19-14-16-6-3-9-20(16)27-21(19)28-12-5-10-23(24,25)11-13-28/h4,7-8,14-15H,3,5-6,9-13H2,1-2H3,(H,26,29). The molecule has 4 rings (SSSR count). The Bertz CT molecular complexity index is 1050. The molecule has 2 aliphatic rings. The quantitative estimate of drug-likeness (QED) is 0.691. The van der Waals surface area contributed by atoms with Crippen molar-refractivity contribution in [2.24, 2.45) is 0 Å². The number of hydrogen-bond donors (Lipinski definition) is 1. The summed E-state index contributed by atoms with van der Waals surface area (Å²) in [6.45, 7) is 3.99. The predicted octanol–water partition coefficient (Wildman–Crippen LogP) is 4.70. The van der Waals surface area contributed by atoms with Crippen molar-refractivity contribution in [2.75, 3.05) is 36.6 Å². The summed E-state index contributed by atoms with van der Waals surface area (Å²) in [7, 11) is -2.46. The first-order chi connectivity index (χ1) is 14.6. The van der Waals surface area contributed by atoms with Gasteiger partial charge in [0.05, 0.1) is 5.56 Å². The monoisotopic (exact) mass is 447 g/mol. The minimum Gasteiger partial charge on any atom is -0.356 e. The fourth-order valence-electron chi connectivity index (χ4n) is 4.26. The first kappa shape index (κ1) is 21.9. The van der Waals surface area contributed by atoms with E-state index in [0.717, 1.165) is 30.5 Å². The summed E-state index contributed by atoms with van der Waals surface area (Å²) in [6, 6.07) is 8.91. The minimum absolute atomic E-state index is 0.142. The van der Waals surface area contributed by atoms with Gasteiger partial charge < -0.3 is 14.8 Å². The molecule has 1 aromatic carbocycles. The van der Waals surface area contributed by atoms with Gasteiger partial charge >= 0.3 is 0 Å². The predicted molar refractivity (Wildman–Crippen MR) is 121 cm³/mol. The second-order valence-electron chi connectivity index (χ2n) is 8.87. The Balaban J connectivity index is 1.66. The normalized spacial score (nSPS) is 18.4. The number of carbonyl (C=O) groups is 1. The van der Waals surface area contributed by atoms with E-state index in [1.807, 2.05) is 11.0 Å². The van der Waals surface area contributed by atoms with Crippen molar-refractivity contribution in [2.45, 2.75) is 44.4 Å². The van der Waals surface area contributed by atoms with Crippen LogP contribution >= 0.6 is 7.14 Å². The molecule has 0 unspecified atom stereocenters. The van der Waals surface area contributed by atoms with Crippen molar-refractivity contribution < 1.29 is 18.1 Å². The number of nitrogens with one attached hydrogen (secondary N) is 1. The van der Waals surface area contributed by atoms with Crippen LogP contribution in [0.5, 0.6) is 0 Å². The molecule has 0 atom stereocenters. The maximum atomic E-state index is 13.9. The Morgan fingerprint density at radius 3 is 2.71 bits per heavy atom. The maximum absolute atomic E-state index is 13.9. The highest BCUT2D eigenvalue weighted by Gasteiger charge is 2.33. The Labute approximate surface area is 181 Å². The number of carbonyl (C=O) groups excluding carboxylic acids is 1. The van der Waals surface area contributed by atoms with E-state index in [1.54, 1.807) is 37.6 Å². The summed E-state index contributed by atoms with van der Waals surface area (Å²) < 4.78 is 40.2. The molecule has 1 aliphatic carbocycles. The van der Waals surface area contributed by atoms with E-state index in [-0.39, 0.29) is 25.3 Å². The SMILES string of the molecule is CP(C)(=O)c1cccc(NC(=O)c2cc3c(nc2N2CCCC(F)(F)CC2)CCC3)c1. The van der Waals surface area contributed by atoms with E-state index in [4.69, 9.17) is 4.98 Å². The molecule has 2 aromatic rings. The molecule has 1 saturated heterocycles. The second kappa shape index (κ2) is 8.34. The van der Waals surface area contributed by atoms with E-state index in [9.17, 15) is 18.1 Å². The average molecular weight is 447 g/mol. The summed E-state index contributed by atoms with van der Waals surface area (Å²) in [5.41, 5.74) is 2.98. The number of aryl methyl sites for hydroxylation is 2. The first-order valence-electron chi connectivity index (χ1n) is 10.7. The highest BCUT2D eigenvalue weighted by molar-refractivity contribution is 7.70. The Morgan fingerprint density at radius 2 is 1.94 bits per heavy atom. The number of halogens is 2. The topological polar surface area (TPSA) is 62.3 Å². The van der Waals surface area contributed by atoms with E-state index in [1.165, 1.54) is 0 Å². The number of pyridine rings is 1. The van der Waals surface area contributed by atoms with Crippen LogP contribution in [0.4, 0.5) is 20.3 Å². The van der Waals surface area contributed by atoms with Crippen molar-refractivity contribution in [3.8, 4) is 0 Å². The summed E-state index contributed by atoms with van der Waals surface area (Å²) >= 11 is 0. The van der Waals surface area contributed by atoms with Crippen LogP contribution in [-0.4, -0.2) is 43.2 Å². The number of nitrogens with zero attached hydrogens (tertiary/aromatic N) is 2. The first-order valence-corrected chi connectivity index (χ1v) is 13.4. The van der Waals surface area contributed by atoms with Gasteiger partial charge in [0.25, 0.3) is 5.91 Å². The molecule has 0 bridgehead atoms. The van der Waals surface area contributed by atoms with E-state index in [2.05, 4.69) is 5.32 Å². The van der Waals surface area contributed by atoms with Gasteiger partial charge in [-0.05, 0) is 62.8 Å². The van der Waals surface area contributed by atoms with Gasteiger partial charge in [-0.15, -0.1) is 0 Å². The molecule has 0 saturated carbocycles. The number of aromatic nitrogens is 1. The molecule has 0 spiro atoms. The van der Waals surface area contributed by atoms with Crippen LogP contribution in [0.3, 0.4) is 0 Å². The van der Waals surface area contributed by atoms with Gasteiger partial charge in [0.2, 0.25) is 5.92 Å². The molecule has 1 aliphatic heterocycles. The Kier molecular flexibility index (Phi) is 5.91. The van der Waals surface area contributed by atoms with Crippen LogP contribution < -0.4 is 15.5 Å². The maximum Gasteiger partial charge on any atom is 0.259 e. The van der Waals surface area contributed by atoms with Gasteiger partial charge in [0.15, 0.2) is 0 Å². The highest BCUT2D eigenvalue weighted by Crippen LogP contribution is 2.36. The molecule has 1 amide bonds. The van der Waals surface area contributed by atoms with Crippen LogP contribution in [0.15, 0.2) is 30.3 Å². The summed E-state index contributed by atoms with van der Waals surface area (Å²) in [5.74, 6) is -2.51. The third kappa shape index (κ3) is 4.98. The van der Waals surface area contributed by atoms with Crippen molar-refractivity contribution in [3.63, 3.8) is 0 Å². The van der Waals surface area contributed by atoms with Gasteiger partial charge in [-0.25, -0.2) is 13.8 Å². The van der Waals surface area contributed by atoms with E-state index < -0.39 is 13.1 Å². The third-order valence-corrected chi connectivity index (χ3v) is 7.54. The zero-order chi connectivity index (χ0) is 22.2. The number of alkyl halides is 2. The molecular weight excluding hydrogens is 419 g/mol. The number of amides is 1. The largest absolute Gasteiger partial charge is 0.356 e. The molecule has 1 N–H and O–H groups in total. The van der Waals surface area contributed by atoms with Crippen molar-refractivity contribution in [3.05, 3.63) is 47.2 Å². The molecule has 1 aromatic heterocycles. The fraction of sp³-hybridized carbons (Fsp3) is 0.478. The lowest BCUT2D eigenvalue weighted by molar-refractivity contribution is -0.0102. The molecule has 8 heteroatoms. The molecule has 166 valence electrons. The smallest absolute Gasteiger partial charge is 0.259 e. The number of anilines is 2. The van der Waals surface area contributed by atoms with E-state index >= 15 is 0 Å². The third-order valence-electron chi connectivity index (χ3n) is 6.02. The zero-order valence-corrected chi connectivity index (χ0v) is 18.9. The van der Waals surface area contributed by atoms with Gasteiger partial charge in [-0.1, -0.05) is 12.1 Å². The second-order valence-corrected chi connectivity index (χ2v) is 12.1. The number of fused-ring (bicyclic) bond motifs is 1. The van der Waals surface area contributed by atoms with Gasteiger partial charge in [-0.2, -0.15) is 0 Å². The van der Waals surface area contributed by atoms with Crippen LogP contribution in [0.1, 0.15) is 47.3 Å². The van der Waals surface area contributed by atoms with Crippen LogP contribution in [0.25, 0.3) is 0 Å². The number of hydrogen-bond acceptors (Lipinski definition) is 4. The van der Waals surface area contributed by atoms with Crippen LogP contribution in [0.2, 0.25) is 0 Å². The molecule has 31 heavy (non-hydrogen) atoms. The van der Waals surface area contributed by atoms with Crippen LogP contribution in [-0.2, 0) is 17.4 Å². The van der Waals surface area contributed by atoms with Crippen molar-refractivity contribution in [1.29, 1.82) is 0 Å². The Hall–Kier alpha value is -2.27. The lowest BCUT2D eigenvalue weighted by Gasteiger charge is -2.25. The number of benzene rings is 1. The van der Waals surface area contributed by atoms with Gasteiger partial charge in [-0.3, -0.25) is 4.79 Å². The average Bonchev–Trinajstić information content (AvgIpc) is 3.08. The molecule has 0 radical (unpaired) electrons. The van der Waals surface area contributed by atoms with E-state index in [0.29, 0.717) is 35.3 Å². The molecular formula is C23H28F2N3O2P. The molecule has 1 fully saturated rings. The van der Waals surface area contributed by atoms with Crippen molar-refractivity contribution >= 4 is 29.9 Å². The van der Waals surface area contributed by atoms with Gasteiger partial charge in [0, 0.05) is 42.6 Å². The van der Waals surface area contributed by atoms with Gasteiger partial charge in [0.1, 0.15) is 13.0 Å². The Morgan fingerprint density at radius 1 is 1.13 bits per heavy atom. The highest BCUT2D eigenvalue weighted by atomic mass is 31.2. The summed E-state index contributed by atoms with van der Waals surface area (Å²) in [4.78, 5) is 19.8. The molecule has 2 heterocycles. The number of rotatable bonds is 4. The summed E-state index contributed by atoms with van der Waals surface area (Å²) in [5, 5.41) is 3.59. The minimum atomic E-state index is -2.68. The van der Waals surface area contributed by atoms with Crippen LogP contribution in [0, 0.1) is 0 Å². The lowest BCUT2D eigenvalue weighted by atomic mass is 10.1. The lowest BCUT2D eigenvalue weighted by Crippen LogP contribution is -2.30. The summed E-state index contributed by atoms with van der Waals surface area (Å²) in [6.07, 6.45) is 2.67. The van der Waals surface area contributed by atoms with Crippen molar-refractivity contribution in [1.82, 2.24) is 4.98 Å². The fourth-order valence-corrected chi connectivity index (χ4v) is 5.16.